The van der Waals surface area contributed by atoms with Crippen LogP contribution in [0, 0.1) is 0 Å². The lowest BCUT2D eigenvalue weighted by Crippen LogP contribution is -2.35. The lowest BCUT2D eigenvalue weighted by atomic mass is 10.2. The number of methoxy groups -OCH3 is 2. The quantitative estimate of drug-likeness (QED) is 0.865. The van der Waals surface area contributed by atoms with Crippen LogP contribution < -0.4 is 9.47 Å². The highest BCUT2D eigenvalue weighted by Gasteiger charge is 2.30. The van der Waals surface area contributed by atoms with E-state index in [4.69, 9.17) is 9.47 Å². The number of carboxylic acid groups (broad SMARTS) is 1. The van der Waals surface area contributed by atoms with Crippen LogP contribution in [0.25, 0.3) is 10.6 Å². The van der Waals surface area contributed by atoms with Gasteiger partial charge in [-0.1, -0.05) is 0 Å². The van der Waals surface area contributed by atoms with Gasteiger partial charge in [0.25, 0.3) is 0 Å². The maximum Gasteiger partial charge on any atom is 0.320 e. The van der Waals surface area contributed by atoms with E-state index in [1.807, 2.05) is 28.5 Å². The highest BCUT2D eigenvalue weighted by atomic mass is 32.1. The van der Waals surface area contributed by atoms with Gasteiger partial charge in [-0.3, -0.25) is 9.69 Å². The Bertz CT molecular complexity index is 731. The van der Waals surface area contributed by atoms with Crippen LogP contribution >= 0.6 is 11.3 Å². The Kier molecular flexibility index (Phi) is 5.01. The van der Waals surface area contributed by atoms with Crippen molar-refractivity contribution in [3.05, 3.63) is 29.3 Å². The summed E-state index contributed by atoms with van der Waals surface area (Å²) in [5.41, 5.74) is 1.80. The van der Waals surface area contributed by atoms with Crippen molar-refractivity contribution in [2.24, 2.45) is 0 Å². The second-order valence-corrected chi connectivity index (χ2v) is 6.54. The van der Waals surface area contributed by atoms with Crippen LogP contribution in [0.5, 0.6) is 11.5 Å². The van der Waals surface area contributed by atoms with Crippen LogP contribution in [-0.2, 0) is 11.3 Å². The van der Waals surface area contributed by atoms with Gasteiger partial charge < -0.3 is 14.6 Å². The standard InChI is InChI=1S/C17H20N2O4S/c1-22-12-5-6-13(15(8-12)23-2)16-18-11(10-24-16)9-19-7-3-4-14(19)17(20)21/h5-6,8,10,14H,3-4,7,9H2,1-2H3,(H,20,21). The number of rotatable bonds is 6. The fraction of sp³-hybridized carbons (Fsp3) is 0.412. The molecule has 0 radical (unpaired) electrons. The summed E-state index contributed by atoms with van der Waals surface area (Å²) in [5.74, 6) is 0.688. The first kappa shape index (κ1) is 16.7. The topological polar surface area (TPSA) is 71.9 Å². The lowest BCUT2D eigenvalue weighted by molar-refractivity contribution is -0.142. The molecule has 24 heavy (non-hydrogen) atoms. The van der Waals surface area contributed by atoms with Crippen molar-refractivity contribution >= 4 is 17.3 Å². The minimum atomic E-state index is -0.750. The molecule has 0 spiro atoms. The monoisotopic (exact) mass is 348 g/mol. The van der Waals surface area contributed by atoms with Gasteiger partial charge in [0.05, 0.1) is 25.5 Å². The minimum absolute atomic E-state index is 0.398. The SMILES string of the molecule is COc1ccc(-c2nc(CN3CCCC3C(=O)O)cs2)c(OC)c1. The fourth-order valence-corrected chi connectivity index (χ4v) is 3.82. The number of ether oxygens (including phenoxy) is 2. The average molecular weight is 348 g/mol. The molecule has 7 heteroatoms. The van der Waals surface area contributed by atoms with Gasteiger partial charge in [-0.05, 0) is 31.5 Å². The number of carbonyl (C=O) groups is 1. The smallest absolute Gasteiger partial charge is 0.320 e. The zero-order valence-electron chi connectivity index (χ0n) is 13.7. The maximum atomic E-state index is 11.3. The summed E-state index contributed by atoms with van der Waals surface area (Å²) >= 11 is 1.53. The van der Waals surface area contributed by atoms with E-state index in [9.17, 15) is 9.90 Å². The molecule has 128 valence electrons. The van der Waals surface area contributed by atoms with Gasteiger partial charge in [0.2, 0.25) is 0 Å². The van der Waals surface area contributed by atoms with Gasteiger partial charge in [-0.2, -0.15) is 0 Å². The van der Waals surface area contributed by atoms with Crippen molar-refractivity contribution in [2.45, 2.75) is 25.4 Å². The largest absolute Gasteiger partial charge is 0.497 e. The Morgan fingerprint density at radius 1 is 1.42 bits per heavy atom. The molecule has 6 nitrogen and oxygen atoms in total. The van der Waals surface area contributed by atoms with Crippen LogP contribution in [0.1, 0.15) is 18.5 Å². The number of aliphatic carboxylic acids is 1. The molecule has 0 saturated carbocycles. The number of likely N-dealkylation sites (tertiary alicyclic amines) is 1. The predicted octanol–water partition coefficient (Wildman–Crippen LogP) is 2.88. The summed E-state index contributed by atoms with van der Waals surface area (Å²) in [4.78, 5) is 17.9. The third-order valence-corrected chi connectivity index (χ3v) is 5.13. The third kappa shape index (κ3) is 3.37. The van der Waals surface area contributed by atoms with Crippen molar-refractivity contribution in [3.63, 3.8) is 0 Å². The summed E-state index contributed by atoms with van der Waals surface area (Å²) in [6, 6.07) is 5.23. The van der Waals surface area contributed by atoms with Crippen LogP contribution in [0.3, 0.4) is 0 Å². The van der Waals surface area contributed by atoms with Gasteiger partial charge >= 0.3 is 5.97 Å². The summed E-state index contributed by atoms with van der Waals surface area (Å²) in [6.07, 6.45) is 1.62. The number of nitrogens with zero attached hydrogens (tertiary/aromatic N) is 2. The molecule has 0 aliphatic carbocycles. The van der Waals surface area contributed by atoms with E-state index in [0.29, 0.717) is 18.7 Å². The van der Waals surface area contributed by atoms with Crippen LogP contribution in [0.2, 0.25) is 0 Å². The Balaban J connectivity index is 1.80. The zero-order chi connectivity index (χ0) is 17.1. The molecule has 1 aliphatic heterocycles. The first-order valence-electron chi connectivity index (χ1n) is 7.76. The van der Waals surface area contributed by atoms with Crippen molar-refractivity contribution in [1.82, 2.24) is 9.88 Å². The number of thiazole rings is 1. The summed E-state index contributed by atoms with van der Waals surface area (Å²) in [6.45, 7) is 1.36. The molecule has 2 heterocycles. The fourth-order valence-electron chi connectivity index (χ4n) is 2.98. The molecule has 1 aliphatic rings. The second-order valence-electron chi connectivity index (χ2n) is 5.68. The minimum Gasteiger partial charge on any atom is -0.497 e. The summed E-state index contributed by atoms with van der Waals surface area (Å²) in [7, 11) is 3.24. The molecule has 3 rings (SSSR count). The van der Waals surface area contributed by atoms with Crippen molar-refractivity contribution < 1.29 is 19.4 Å². The van der Waals surface area contributed by atoms with Crippen LogP contribution in [-0.4, -0.2) is 47.8 Å². The molecule has 1 atom stereocenters. The second kappa shape index (κ2) is 7.19. The van der Waals surface area contributed by atoms with E-state index in [0.717, 1.165) is 35.0 Å². The Labute approximate surface area is 144 Å². The molecule has 0 amide bonds. The molecule has 1 aromatic heterocycles. The molecule has 1 unspecified atom stereocenters. The number of hydrogen-bond donors (Lipinski definition) is 1. The van der Waals surface area contributed by atoms with Crippen LogP contribution in [0.4, 0.5) is 0 Å². The van der Waals surface area contributed by atoms with E-state index < -0.39 is 12.0 Å². The van der Waals surface area contributed by atoms with Gasteiger partial charge in [0.15, 0.2) is 0 Å². The van der Waals surface area contributed by atoms with Gasteiger partial charge in [0, 0.05) is 18.0 Å². The number of aromatic nitrogens is 1. The van der Waals surface area contributed by atoms with E-state index in [1.54, 1.807) is 14.2 Å². The first-order chi connectivity index (χ1) is 11.6. The van der Waals surface area contributed by atoms with Crippen molar-refractivity contribution in [2.75, 3.05) is 20.8 Å². The van der Waals surface area contributed by atoms with E-state index >= 15 is 0 Å². The highest BCUT2D eigenvalue weighted by molar-refractivity contribution is 7.13. The van der Waals surface area contributed by atoms with Crippen LogP contribution in [0.15, 0.2) is 23.6 Å². The average Bonchev–Trinajstić information content (AvgIpc) is 3.24. The molecule has 1 fully saturated rings. The lowest BCUT2D eigenvalue weighted by Gasteiger charge is -2.19. The van der Waals surface area contributed by atoms with E-state index in [2.05, 4.69) is 4.98 Å². The molecule has 1 saturated heterocycles. The van der Waals surface area contributed by atoms with Gasteiger partial charge in [-0.25, -0.2) is 4.98 Å². The van der Waals surface area contributed by atoms with E-state index in [-0.39, 0.29) is 0 Å². The summed E-state index contributed by atoms with van der Waals surface area (Å²) < 4.78 is 10.6. The highest BCUT2D eigenvalue weighted by Crippen LogP contribution is 2.35. The van der Waals surface area contributed by atoms with E-state index in [1.165, 1.54) is 11.3 Å². The van der Waals surface area contributed by atoms with Crippen molar-refractivity contribution in [1.29, 1.82) is 0 Å². The number of hydrogen-bond acceptors (Lipinski definition) is 6. The van der Waals surface area contributed by atoms with Gasteiger partial charge in [0.1, 0.15) is 22.5 Å². The normalized spacial score (nSPS) is 17.8. The number of carboxylic acids is 1. The summed E-state index contributed by atoms with van der Waals surface area (Å²) in [5, 5.41) is 12.1. The molecule has 1 aromatic carbocycles. The number of benzene rings is 1. The van der Waals surface area contributed by atoms with Gasteiger partial charge in [-0.15, -0.1) is 11.3 Å². The zero-order valence-corrected chi connectivity index (χ0v) is 14.5. The molecule has 2 aromatic rings. The van der Waals surface area contributed by atoms with Crippen molar-refractivity contribution in [3.8, 4) is 22.1 Å². The predicted molar refractivity (Wildman–Crippen MR) is 91.7 cm³/mol. The Morgan fingerprint density at radius 3 is 2.96 bits per heavy atom. The maximum absolute atomic E-state index is 11.3. The molecular formula is C17H20N2O4S. The molecule has 1 N–H and O–H groups in total. The third-order valence-electron chi connectivity index (χ3n) is 4.20. The Hall–Kier alpha value is -2.12. The molecule has 0 bridgehead atoms. The Morgan fingerprint density at radius 2 is 2.25 bits per heavy atom. The first-order valence-corrected chi connectivity index (χ1v) is 8.64. The molecular weight excluding hydrogens is 328 g/mol.